The van der Waals surface area contributed by atoms with E-state index >= 15 is 0 Å². The molecule has 3 fully saturated rings. The molecule has 290 valence electrons. The molecule has 2 aromatic heterocycles. The largest absolute Gasteiger partial charge is 0.512 e. The number of nitrogens with one attached hydrogen (secondary N) is 1. The second-order valence-electron chi connectivity index (χ2n) is 15.0. The van der Waals surface area contributed by atoms with Crippen LogP contribution in [0.2, 0.25) is 0 Å². The fourth-order valence-corrected chi connectivity index (χ4v) is 8.42. The third-order valence-corrected chi connectivity index (χ3v) is 11.3. The SMILES string of the molecule is O=C1CCC(n2ncc(Oc3ccc(O[C@H]4CCN(CCOc5ccc(CC6C7=CC=C(O)CC7CC[C@H]6c6ccc(F)cc6)cc5)C4)nc3)cc2=O)C(=O)N1. The number of imide groups is 1. The summed E-state index contributed by atoms with van der Waals surface area (Å²) < 4.78 is 32.8. The zero-order valence-corrected chi connectivity index (χ0v) is 30.9. The molecular weight excluding hydrogens is 717 g/mol. The van der Waals surface area contributed by atoms with Gasteiger partial charge in [0.15, 0.2) is 5.75 Å². The van der Waals surface area contributed by atoms with E-state index < -0.39 is 17.5 Å². The zero-order chi connectivity index (χ0) is 38.6. The standard InChI is InChI=1S/C43H44FN5O7/c44-30-6-3-28(4-7-30)36-12-5-29-22-31(50)8-13-37(29)38(36)21-27-1-9-32(10-2-27)54-20-19-48-18-17-34(26-48)56-41-16-11-33(24-45-41)55-35-23-42(52)49(46-25-35)39-14-15-40(51)47-43(39)53/h1-4,6-11,13,16,23-25,29,34,36,38-39,50H,5,12,14-15,17-22,26H2,(H,47,51,53)/t29?,34-,36-,38?,39?/m0/s1. The van der Waals surface area contributed by atoms with Crippen LogP contribution in [-0.2, 0) is 16.0 Å². The molecule has 4 aromatic rings. The predicted molar refractivity (Wildman–Crippen MR) is 204 cm³/mol. The molecule has 2 aromatic carbocycles. The van der Waals surface area contributed by atoms with Crippen molar-refractivity contribution in [1.29, 1.82) is 0 Å². The van der Waals surface area contributed by atoms with Crippen molar-refractivity contribution in [3.63, 3.8) is 0 Å². The van der Waals surface area contributed by atoms with Crippen LogP contribution in [0.15, 0.2) is 107 Å². The summed E-state index contributed by atoms with van der Waals surface area (Å²) in [7, 11) is 0. The molecule has 0 bridgehead atoms. The summed E-state index contributed by atoms with van der Waals surface area (Å²) in [6, 6.07) is 19.1. The second-order valence-corrected chi connectivity index (χ2v) is 15.0. The number of fused-ring (bicyclic) bond motifs is 1. The number of amides is 2. The van der Waals surface area contributed by atoms with Gasteiger partial charge in [0.25, 0.3) is 11.5 Å². The number of likely N-dealkylation sites (tertiary alicyclic amines) is 1. The van der Waals surface area contributed by atoms with E-state index in [4.69, 9.17) is 14.2 Å². The normalized spacial score (nSPS) is 23.8. The molecule has 4 heterocycles. The summed E-state index contributed by atoms with van der Waals surface area (Å²) in [4.78, 5) is 42.9. The lowest BCUT2D eigenvalue weighted by molar-refractivity contribution is -0.136. The molecule has 2 aliphatic heterocycles. The maximum absolute atomic E-state index is 13.8. The van der Waals surface area contributed by atoms with Crippen molar-refractivity contribution in [2.75, 3.05) is 26.2 Å². The lowest BCUT2D eigenvalue weighted by Gasteiger charge is -2.40. The van der Waals surface area contributed by atoms with E-state index in [-0.39, 0.29) is 48.3 Å². The fraction of sp³-hybridized carbons (Fsp3) is 0.372. The van der Waals surface area contributed by atoms with E-state index in [2.05, 4.69) is 38.5 Å². The van der Waals surface area contributed by atoms with E-state index in [0.29, 0.717) is 36.3 Å². The van der Waals surface area contributed by atoms with E-state index in [1.165, 1.54) is 29.6 Å². The van der Waals surface area contributed by atoms with Gasteiger partial charge in [-0.05, 0) is 97.4 Å². The number of carbonyl (C=O) groups excluding carboxylic acids is 2. The number of ether oxygens (including phenoxy) is 3. The Morgan fingerprint density at radius 3 is 2.48 bits per heavy atom. The molecule has 13 heteroatoms. The van der Waals surface area contributed by atoms with Crippen molar-refractivity contribution in [3.8, 4) is 23.1 Å². The first-order valence-corrected chi connectivity index (χ1v) is 19.3. The molecule has 2 amide bonds. The molecule has 12 nitrogen and oxygen atoms in total. The highest BCUT2D eigenvalue weighted by Crippen LogP contribution is 2.48. The third-order valence-electron chi connectivity index (χ3n) is 11.3. The van der Waals surface area contributed by atoms with Gasteiger partial charge in [0.05, 0.1) is 18.2 Å². The van der Waals surface area contributed by atoms with Crippen molar-refractivity contribution >= 4 is 11.8 Å². The van der Waals surface area contributed by atoms with E-state index in [0.717, 1.165) is 61.3 Å². The number of piperidine rings is 1. The number of rotatable bonds is 12. The Morgan fingerprint density at radius 2 is 1.71 bits per heavy atom. The molecule has 1 saturated carbocycles. The van der Waals surface area contributed by atoms with Crippen LogP contribution in [0.5, 0.6) is 23.1 Å². The molecule has 5 atom stereocenters. The smallest absolute Gasteiger partial charge is 0.271 e. The molecule has 0 spiro atoms. The lowest BCUT2D eigenvalue weighted by Crippen LogP contribution is -2.45. The molecule has 0 radical (unpaired) electrons. The maximum atomic E-state index is 13.8. The highest BCUT2D eigenvalue weighted by Gasteiger charge is 2.37. The highest BCUT2D eigenvalue weighted by atomic mass is 19.1. The Kier molecular flexibility index (Phi) is 10.9. The molecule has 2 N–H and O–H groups in total. The Morgan fingerprint density at radius 1 is 0.893 bits per heavy atom. The van der Waals surface area contributed by atoms with Gasteiger partial charge >= 0.3 is 0 Å². The van der Waals surface area contributed by atoms with Gasteiger partial charge in [-0.25, -0.2) is 14.1 Å². The first kappa shape index (κ1) is 37.1. The summed E-state index contributed by atoms with van der Waals surface area (Å²) in [5.74, 6) is 2.09. The average molecular weight is 762 g/mol. The van der Waals surface area contributed by atoms with E-state index in [1.54, 1.807) is 24.3 Å². The first-order chi connectivity index (χ1) is 27.2. The summed E-state index contributed by atoms with van der Waals surface area (Å²) in [6.07, 6.45) is 11.6. The molecule has 4 aliphatic rings. The van der Waals surface area contributed by atoms with Gasteiger partial charge in [0.2, 0.25) is 11.8 Å². The number of nitrogens with zero attached hydrogens (tertiary/aromatic N) is 4. The Balaban J connectivity index is 0.792. The van der Waals surface area contributed by atoms with Crippen LogP contribution < -0.4 is 25.1 Å². The number of aliphatic hydroxyl groups is 1. The molecule has 2 saturated heterocycles. The Labute approximate surface area is 323 Å². The van der Waals surface area contributed by atoms with Crippen molar-refractivity contribution in [1.82, 2.24) is 25.0 Å². The quantitative estimate of drug-likeness (QED) is 0.160. The molecule has 3 unspecified atom stereocenters. The van der Waals surface area contributed by atoms with Crippen LogP contribution in [-0.4, -0.2) is 68.9 Å². The number of carbonyl (C=O) groups is 2. The number of aliphatic hydroxyl groups excluding tert-OH is 1. The number of hydrogen-bond acceptors (Lipinski definition) is 10. The number of pyridine rings is 1. The third kappa shape index (κ3) is 8.68. The topological polar surface area (TPSA) is 145 Å². The van der Waals surface area contributed by atoms with Crippen LogP contribution in [0.3, 0.4) is 0 Å². The Bertz CT molecular complexity index is 2170. The zero-order valence-electron chi connectivity index (χ0n) is 30.9. The van der Waals surface area contributed by atoms with Crippen LogP contribution in [0, 0.1) is 17.7 Å². The minimum atomic E-state index is -0.841. The Hall–Kier alpha value is -5.82. The number of hydrogen-bond donors (Lipinski definition) is 2. The summed E-state index contributed by atoms with van der Waals surface area (Å²) in [5.41, 5.74) is 3.24. The highest BCUT2D eigenvalue weighted by molar-refractivity contribution is 5.99. The van der Waals surface area contributed by atoms with Gasteiger partial charge in [-0.2, -0.15) is 5.10 Å². The number of halogens is 1. The van der Waals surface area contributed by atoms with Crippen LogP contribution in [0.1, 0.15) is 61.6 Å². The van der Waals surface area contributed by atoms with Crippen molar-refractivity contribution in [2.24, 2.45) is 11.8 Å². The van der Waals surface area contributed by atoms with Crippen LogP contribution in [0.25, 0.3) is 0 Å². The first-order valence-electron chi connectivity index (χ1n) is 19.3. The van der Waals surface area contributed by atoms with Gasteiger partial charge in [-0.15, -0.1) is 0 Å². The summed E-state index contributed by atoms with van der Waals surface area (Å²) in [5, 5.41) is 16.5. The molecule has 8 rings (SSSR count). The van der Waals surface area contributed by atoms with Crippen molar-refractivity contribution in [3.05, 3.63) is 130 Å². The van der Waals surface area contributed by atoms with Gasteiger partial charge in [0.1, 0.15) is 36.1 Å². The van der Waals surface area contributed by atoms with Crippen molar-refractivity contribution < 1.29 is 33.3 Å². The number of allylic oxidation sites excluding steroid dienone is 4. The fourth-order valence-electron chi connectivity index (χ4n) is 8.42. The molecule has 56 heavy (non-hydrogen) atoms. The lowest BCUT2D eigenvalue weighted by atomic mass is 9.64. The van der Waals surface area contributed by atoms with E-state index in [9.17, 15) is 23.9 Å². The molecular formula is C43H44FN5O7. The second kappa shape index (κ2) is 16.5. The average Bonchev–Trinajstić information content (AvgIpc) is 3.64. The van der Waals surface area contributed by atoms with Crippen LogP contribution in [0.4, 0.5) is 4.39 Å². The van der Waals surface area contributed by atoms with Gasteiger partial charge in [-0.1, -0.05) is 35.9 Å². The van der Waals surface area contributed by atoms with Crippen LogP contribution >= 0.6 is 0 Å². The number of benzene rings is 2. The van der Waals surface area contributed by atoms with E-state index in [1.807, 2.05) is 30.3 Å². The maximum Gasteiger partial charge on any atom is 0.271 e. The molecule has 2 aliphatic carbocycles. The number of aromatic nitrogens is 3. The van der Waals surface area contributed by atoms with Gasteiger partial charge in [-0.3, -0.25) is 24.6 Å². The summed E-state index contributed by atoms with van der Waals surface area (Å²) in [6.45, 7) is 2.93. The van der Waals surface area contributed by atoms with Gasteiger partial charge in [0, 0.05) is 44.6 Å². The summed E-state index contributed by atoms with van der Waals surface area (Å²) >= 11 is 0. The minimum Gasteiger partial charge on any atom is -0.512 e. The monoisotopic (exact) mass is 761 g/mol. The van der Waals surface area contributed by atoms with Crippen molar-refractivity contribution in [2.45, 2.75) is 63.0 Å². The predicted octanol–water partition coefficient (Wildman–Crippen LogP) is 6.20. The van der Waals surface area contributed by atoms with Gasteiger partial charge < -0.3 is 19.3 Å². The minimum absolute atomic E-state index is 0.0190.